The Morgan fingerprint density at radius 3 is 2.04 bits per heavy atom. The number of aromatic nitrogens is 2. The van der Waals surface area contributed by atoms with E-state index in [4.69, 9.17) is 0 Å². The molecule has 5 nitrogen and oxygen atoms in total. The predicted molar refractivity (Wildman–Crippen MR) is 96.0 cm³/mol. The summed E-state index contributed by atoms with van der Waals surface area (Å²) in [4.78, 5) is 36.3. The highest BCUT2D eigenvalue weighted by Crippen LogP contribution is 2.02. The molecule has 0 unspecified atom stereocenters. The molecule has 1 heterocycles. The van der Waals surface area contributed by atoms with Crippen LogP contribution in [-0.4, -0.2) is 15.4 Å². The zero-order valence-electron chi connectivity index (χ0n) is 13.7. The molecule has 0 amide bonds. The lowest BCUT2D eigenvalue weighted by molar-refractivity contribution is 0.112. The lowest BCUT2D eigenvalue weighted by Crippen LogP contribution is -2.41. The number of benzene rings is 2. The van der Waals surface area contributed by atoms with Crippen molar-refractivity contribution in [2.75, 3.05) is 0 Å². The van der Waals surface area contributed by atoms with E-state index in [1.807, 2.05) is 60.7 Å². The van der Waals surface area contributed by atoms with Gasteiger partial charge in [-0.15, -0.1) is 0 Å². The average molecular weight is 334 g/mol. The minimum absolute atomic E-state index is 0.0106. The molecule has 0 saturated heterocycles. The van der Waals surface area contributed by atoms with E-state index in [9.17, 15) is 14.4 Å². The lowest BCUT2D eigenvalue weighted by atomic mass is 10.1. The van der Waals surface area contributed by atoms with E-state index in [1.165, 1.54) is 10.8 Å². The van der Waals surface area contributed by atoms with Gasteiger partial charge >= 0.3 is 5.69 Å². The van der Waals surface area contributed by atoms with Crippen LogP contribution in [0, 0.1) is 0 Å². The molecule has 3 aromatic rings. The van der Waals surface area contributed by atoms with Crippen LogP contribution in [0.25, 0.3) is 0 Å². The van der Waals surface area contributed by atoms with Crippen LogP contribution in [0.1, 0.15) is 21.5 Å². The largest absolute Gasteiger partial charge is 0.331 e. The van der Waals surface area contributed by atoms with Crippen molar-refractivity contribution in [3.05, 3.63) is 104 Å². The van der Waals surface area contributed by atoms with Crippen LogP contribution in [0.4, 0.5) is 0 Å². The van der Waals surface area contributed by atoms with Gasteiger partial charge in [0.25, 0.3) is 5.56 Å². The van der Waals surface area contributed by atoms with Gasteiger partial charge in [-0.25, -0.2) is 4.79 Å². The minimum Gasteiger partial charge on any atom is -0.298 e. The number of rotatable bonds is 6. The Hall–Kier alpha value is -3.21. The highest BCUT2D eigenvalue weighted by atomic mass is 16.2. The zero-order chi connectivity index (χ0) is 17.6. The molecule has 3 rings (SSSR count). The standard InChI is InChI=1S/C20H18N2O3/c23-15-18-14-21(13-17-9-5-2-6-10-17)20(25)22(19(18)24)12-11-16-7-3-1-4-8-16/h1-10,14-15H,11-13H2. The summed E-state index contributed by atoms with van der Waals surface area (Å²) in [5.41, 5.74) is 0.994. The Morgan fingerprint density at radius 2 is 1.44 bits per heavy atom. The van der Waals surface area contributed by atoms with E-state index in [0.29, 0.717) is 19.3 Å². The van der Waals surface area contributed by atoms with E-state index in [-0.39, 0.29) is 12.1 Å². The van der Waals surface area contributed by atoms with Crippen LogP contribution >= 0.6 is 0 Å². The van der Waals surface area contributed by atoms with Gasteiger partial charge in [0.1, 0.15) is 0 Å². The molecule has 1 aromatic heterocycles. The number of carbonyl (C=O) groups excluding carboxylic acids is 1. The fourth-order valence-electron chi connectivity index (χ4n) is 2.73. The van der Waals surface area contributed by atoms with Gasteiger partial charge in [0.2, 0.25) is 0 Å². The van der Waals surface area contributed by atoms with Crippen LogP contribution in [0.3, 0.4) is 0 Å². The van der Waals surface area contributed by atoms with Crippen molar-refractivity contribution in [1.82, 2.24) is 9.13 Å². The third kappa shape index (κ3) is 3.83. The Kier molecular flexibility index (Phi) is 5.04. The van der Waals surface area contributed by atoms with Crippen molar-refractivity contribution in [2.45, 2.75) is 19.5 Å². The molecular formula is C20H18N2O3. The summed E-state index contributed by atoms with van der Waals surface area (Å²) in [6, 6.07) is 19.1. The van der Waals surface area contributed by atoms with E-state index in [1.54, 1.807) is 0 Å². The maximum absolute atomic E-state index is 12.7. The summed E-state index contributed by atoms with van der Waals surface area (Å²) < 4.78 is 2.55. The molecule has 126 valence electrons. The highest BCUT2D eigenvalue weighted by Gasteiger charge is 2.11. The molecule has 5 heteroatoms. The second kappa shape index (κ2) is 7.57. The second-order valence-electron chi connectivity index (χ2n) is 5.79. The van der Waals surface area contributed by atoms with Crippen molar-refractivity contribution in [3.8, 4) is 0 Å². The first kappa shape index (κ1) is 16.6. The highest BCUT2D eigenvalue weighted by molar-refractivity contribution is 5.73. The van der Waals surface area contributed by atoms with Crippen LogP contribution in [0.15, 0.2) is 76.4 Å². The number of aldehydes is 1. The smallest absolute Gasteiger partial charge is 0.298 e. The third-order valence-corrected chi connectivity index (χ3v) is 4.05. The third-order valence-electron chi connectivity index (χ3n) is 4.05. The Morgan fingerprint density at radius 1 is 0.840 bits per heavy atom. The molecule has 25 heavy (non-hydrogen) atoms. The second-order valence-corrected chi connectivity index (χ2v) is 5.79. The van der Waals surface area contributed by atoms with Gasteiger partial charge in [-0.1, -0.05) is 60.7 Å². The normalized spacial score (nSPS) is 10.6. The van der Waals surface area contributed by atoms with Crippen molar-refractivity contribution in [2.24, 2.45) is 0 Å². The lowest BCUT2D eigenvalue weighted by Gasteiger charge is -2.11. The van der Waals surface area contributed by atoms with Crippen molar-refractivity contribution >= 4 is 6.29 Å². The first-order valence-corrected chi connectivity index (χ1v) is 8.06. The van der Waals surface area contributed by atoms with Crippen molar-refractivity contribution < 1.29 is 4.79 Å². The summed E-state index contributed by atoms with van der Waals surface area (Å²) in [5, 5.41) is 0. The van der Waals surface area contributed by atoms with Crippen molar-refractivity contribution in [1.29, 1.82) is 0 Å². The van der Waals surface area contributed by atoms with Crippen LogP contribution in [0.2, 0.25) is 0 Å². The first-order valence-electron chi connectivity index (χ1n) is 8.06. The molecule has 0 aliphatic heterocycles. The Bertz CT molecular complexity index is 973. The summed E-state index contributed by atoms with van der Waals surface area (Å²) in [6.45, 7) is 0.546. The summed E-state index contributed by atoms with van der Waals surface area (Å²) in [5.74, 6) is 0. The molecule has 0 radical (unpaired) electrons. The van der Waals surface area contributed by atoms with E-state index in [2.05, 4.69) is 0 Å². The molecular weight excluding hydrogens is 316 g/mol. The van der Waals surface area contributed by atoms with E-state index in [0.717, 1.165) is 15.7 Å². The summed E-state index contributed by atoms with van der Waals surface area (Å²) in [6.07, 6.45) is 2.38. The van der Waals surface area contributed by atoms with Gasteiger partial charge in [-0.2, -0.15) is 0 Å². The molecule has 0 N–H and O–H groups in total. The van der Waals surface area contributed by atoms with Gasteiger partial charge in [0.05, 0.1) is 12.1 Å². The topological polar surface area (TPSA) is 61.1 Å². The van der Waals surface area contributed by atoms with Crippen molar-refractivity contribution in [3.63, 3.8) is 0 Å². The molecule has 0 saturated carbocycles. The maximum atomic E-state index is 12.7. The van der Waals surface area contributed by atoms with Crippen LogP contribution < -0.4 is 11.2 Å². The van der Waals surface area contributed by atoms with E-state index < -0.39 is 11.2 Å². The van der Waals surface area contributed by atoms with Crippen LogP contribution in [0.5, 0.6) is 0 Å². The number of carbonyl (C=O) groups is 1. The summed E-state index contributed by atoms with van der Waals surface area (Å²) in [7, 11) is 0. The number of aryl methyl sites for hydroxylation is 1. The molecule has 0 bridgehead atoms. The summed E-state index contributed by atoms with van der Waals surface area (Å²) >= 11 is 0. The number of nitrogens with zero attached hydrogens (tertiary/aromatic N) is 2. The van der Waals surface area contributed by atoms with Gasteiger partial charge in [-0.3, -0.25) is 18.7 Å². The fraction of sp³-hybridized carbons (Fsp3) is 0.150. The molecule has 0 spiro atoms. The quantitative estimate of drug-likeness (QED) is 0.649. The minimum atomic E-state index is -0.541. The molecule has 0 aliphatic rings. The Labute approximate surface area is 144 Å². The van der Waals surface area contributed by atoms with Gasteiger partial charge < -0.3 is 0 Å². The zero-order valence-corrected chi connectivity index (χ0v) is 13.7. The number of hydrogen-bond donors (Lipinski definition) is 0. The molecule has 2 aromatic carbocycles. The molecule has 0 fully saturated rings. The van der Waals surface area contributed by atoms with Gasteiger partial charge in [0.15, 0.2) is 6.29 Å². The fourth-order valence-corrected chi connectivity index (χ4v) is 2.73. The SMILES string of the molecule is O=Cc1cn(Cc2ccccc2)c(=O)n(CCc2ccccc2)c1=O. The monoisotopic (exact) mass is 334 g/mol. The molecule has 0 aliphatic carbocycles. The Balaban J connectivity index is 1.96. The molecule has 0 atom stereocenters. The van der Waals surface area contributed by atoms with E-state index >= 15 is 0 Å². The predicted octanol–water partition coefficient (Wildman–Crippen LogP) is 2.11. The van der Waals surface area contributed by atoms with Crippen LogP contribution in [-0.2, 0) is 19.5 Å². The average Bonchev–Trinajstić information content (AvgIpc) is 2.65. The van der Waals surface area contributed by atoms with Gasteiger partial charge in [-0.05, 0) is 17.5 Å². The first-order chi connectivity index (χ1) is 12.2. The van der Waals surface area contributed by atoms with Gasteiger partial charge in [0, 0.05) is 12.7 Å². The number of hydrogen-bond acceptors (Lipinski definition) is 3. The maximum Gasteiger partial charge on any atom is 0.331 e.